The summed E-state index contributed by atoms with van der Waals surface area (Å²) in [5, 5.41) is 4.27. The van der Waals surface area contributed by atoms with Crippen molar-refractivity contribution in [2.24, 2.45) is 0 Å². The van der Waals surface area contributed by atoms with Crippen LogP contribution in [0.3, 0.4) is 0 Å². The van der Waals surface area contributed by atoms with Crippen molar-refractivity contribution in [3.63, 3.8) is 0 Å². The van der Waals surface area contributed by atoms with Crippen LogP contribution < -0.4 is 5.32 Å². The fraction of sp³-hybridized carbons (Fsp3) is 0.200. The van der Waals surface area contributed by atoms with E-state index in [0.29, 0.717) is 6.04 Å². The van der Waals surface area contributed by atoms with E-state index in [1.807, 2.05) is 18.2 Å². The maximum absolute atomic E-state index is 5.87. The minimum atomic E-state index is 0.326. The fourth-order valence-electron chi connectivity index (χ4n) is 1.74. The Morgan fingerprint density at radius 2 is 1.65 bits per heavy atom. The Bertz CT molecular complexity index is 450. The molecule has 0 radical (unpaired) electrons. The van der Waals surface area contributed by atoms with Crippen molar-refractivity contribution in [2.75, 3.05) is 0 Å². The zero-order chi connectivity index (χ0) is 12.1. The van der Waals surface area contributed by atoms with Crippen LogP contribution in [-0.4, -0.2) is 0 Å². The monoisotopic (exact) mass is 245 g/mol. The van der Waals surface area contributed by atoms with Gasteiger partial charge in [-0.3, -0.25) is 0 Å². The van der Waals surface area contributed by atoms with Gasteiger partial charge in [-0.2, -0.15) is 0 Å². The molecule has 0 fully saturated rings. The number of halogens is 1. The molecule has 2 heteroatoms. The number of rotatable bonds is 4. The number of hydrogen-bond acceptors (Lipinski definition) is 1. The smallest absolute Gasteiger partial charge is 0.0406 e. The summed E-state index contributed by atoms with van der Waals surface area (Å²) >= 11 is 5.87. The molecule has 0 heterocycles. The van der Waals surface area contributed by atoms with Gasteiger partial charge < -0.3 is 5.32 Å². The van der Waals surface area contributed by atoms with Gasteiger partial charge in [0, 0.05) is 17.6 Å². The van der Waals surface area contributed by atoms with Crippen LogP contribution in [0.4, 0.5) is 0 Å². The largest absolute Gasteiger partial charge is 0.306 e. The van der Waals surface area contributed by atoms with Crippen molar-refractivity contribution >= 4 is 11.6 Å². The maximum Gasteiger partial charge on any atom is 0.0406 e. The highest BCUT2D eigenvalue weighted by Gasteiger charge is 2.04. The van der Waals surface area contributed by atoms with Crippen LogP contribution in [0.2, 0.25) is 5.02 Å². The number of benzene rings is 2. The molecule has 0 unspecified atom stereocenters. The molecule has 0 saturated carbocycles. The SMILES string of the molecule is C[C@H](NCc1ccccc1)c1ccc(Cl)cc1. The molecule has 0 aliphatic heterocycles. The molecule has 2 aromatic rings. The fourth-order valence-corrected chi connectivity index (χ4v) is 1.86. The van der Waals surface area contributed by atoms with E-state index in [1.54, 1.807) is 0 Å². The predicted molar refractivity (Wildman–Crippen MR) is 73.1 cm³/mol. The van der Waals surface area contributed by atoms with Gasteiger partial charge in [0.05, 0.1) is 0 Å². The Labute approximate surface area is 107 Å². The first-order chi connectivity index (χ1) is 8.25. The van der Waals surface area contributed by atoms with Crippen molar-refractivity contribution in [2.45, 2.75) is 19.5 Å². The van der Waals surface area contributed by atoms with E-state index in [1.165, 1.54) is 11.1 Å². The second-order valence-electron chi connectivity index (χ2n) is 4.14. The Morgan fingerprint density at radius 1 is 1.00 bits per heavy atom. The van der Waals surface area contributed by atoms with Crippen molar-refractivity contribution < 1.29 is 0 Å². The van der Waals surface area contributed by atoms with E-state index in [0.717, 1.165) is 11.6 Å². The lowest BCUT2D eigenvalue weighted by Crippen LogP contribution is -2.17. The van der Waals surface area contributed by atoms with Crippen LogP contribution in [-0.2, 0) is 6.54 Å². The first kappa shape index (κ1) is 12.2. The highest BCUT2D eigenvalue weighted by atomic mass is 35.5. The summed E-state index contributed by atoms with van der Waals surface area (Å²) in [5.74, 6) is 0. The van der Waals surface area contributed by atoms with Crippen LogP contribution in [0, 0.1) is 0 Å². The molecule has 88 valence electrons. The van der Waals surface area contributed by atoms with E-state index in [-0.39, 0.29) is 0 Å². The molecule has 17 heavy (non-hydrogen) atoms. The van der Waals surface area contributed by atoms with Crippen LogP contribution in [0.25, 0.3) is 0 Å². The molecule has 0 bridgehead atoms. The summed E-state index contributed by atoms with van der Waals surface area (Å²) < 4.78 is 0. The molecule has 0 saturated heterocycles. The van der Waals surface area contributed by atoms with E-state index in [2.05, 4.69) is 48.6 Å². The first-order valence-electron chi connectivity index (χ1n) is 5.78. The molecular formula is C15H16ClN. The number of hydrogen-bond donors (Lipinski definition) is 1. The van der Waals surface area contributed by atoms with Crippen LogP contribution in [0.15, 0.2) is 54.6 Å². The van der Waals surface area contributed by atoms with Crippen molar-refractivity contribution in [1.82, 2.24) is 5.32 Å². The molecule has 2 rings (SSSR count). The zero-order valence-corrected chi connectivity index (χ0v) is 10.6. The van der Waals surface area contributed by atoms with Gasteiger partial charge in [0.25, 0.3) is 0 Å². The van der Waals surface area contributed by atoms with E-state index < -0.39 is 0 Å². The molecule has 0 amide bonds. The summed E-state index contributed by atoms with van der Waals surface area (Å²) in [6, 6.07) is 18.7. The second-order valence-corrected chi connectivity index (χ2v) is 4.58. The lowest BCUT2D eigenvalue weighted by Gasteiger charge is -2.14. The first-order valence-corrected chi connectivity index (χ1v) is 6.16. The van der Waals surface area contributed by atoms with E-state index >= 15 is 0 Å². The van der Waals surface area contributed by atoms with Crippen molar-refractivity contribution in [1.29, 1.82) is 0 Å². The normalized spacial score (nSPS) is 12.4. The molecule has 1 atom stereocenters. The quantitative estimate of drug-likeness (QED) is 0.852. The third-order valence-corrected chi connectivity index (χ3v) is 3.08. The third-order valence-electron chi connectivity index (χ3n) is 2.83. The summed E-state index contributed by atoms with van der Waals surface area (Å²) in [6.07, 6.45) is 0. The topological polar surface area (TPSA) is 12.0 Å². The lowest BCUT2D eigenvalue weighted by molar-refractivity contribution is 0.575. The average molecular weight is 246 g/mol. The van der Waals surface area contributed by atoms with Gasteiger partial charge >= 0.3 is 0 Å². The molecule has 0 aliphatic rings. The Morgan fingerprint density at radius 3 is 2.29 bits per heavy atom. The number of nitrogens with one attached hydrogen (secondary N) is 1. The van der Waals surface area contributed by atoms with Gasteiger partial charge in [-0.25, -0.2) is 0 Å². The minimum absolute atomic E-state index is 0.326. The van der Waals surface area contributed by atoms with Gasteiger partial charge in [-0.1, -0.05) is 54.1 Å². The van der Waals surface area contributed by atoms with Gasteiger partial charge in [0.1, 0.15) is 0 Å². The summed E-state index contributed by atoms with van der Waals surface area (Å²) in [7, 11) is 0. The van der Waals surface area contributed by atoms with Gasteiger partial charge in [-0.05, 0) is 30.2 Å². The van der Waals surface area contributed by atoms with Crippen LogP contribution >= 0.6 is 11.6 Å². The standard InChI is InChI=1S/C15H16ClN/c1-12(14-7-9-15(16)10-8-14)17-11-13-5-3-2-4-6-13/h2-10,12,17H,11H2,1H3/t12-/m0/s1. The van der Waals surface area contributed by atoms with Crippen molar-refractivity contribution in [3.8, 4) is 0 Å². The predicted octanol–water partition coefficient (Wildman–Crippen LogP) is 4.19. The molecule has 1 nitrogen and oxygen atoms in total. The third kappa shape index (κ3) is 3.58. The van der Waals surface area contributed by atoms with E-state index in [4.69, 9.17) is 11.6 Å². The molecular weight excluding hydrogens is 230 g/mol. The highest BCUT2D eigenvalue weighted by molar-refractivity contribution is 6.30. The minimum Gasteiger partial charge on any atom is -0.306 e. The lowest BCUT2D eigenvalue weighted by atomic mass is 10.1. The van der Waals surface area contributed by atoms with Gasteiger partial charge in [0.2, 0.25) is 0 Å². The summed E-state index contributed by atoms with van der Waals surface area (Å²) in [4.78, 5) is 0. The highest BCUT2D eigenvalue weighted by Crippen LogP contribution is 2.16. The Balaban J connectivity index is 1.93. The second kappa shape index (κ2) is 5.85. The average Bonchev–Trinajstić information content (AvgIpc) is 2.38. The molecule has 2 aromatic carbocycles. The van der Waals surface area contributed by atoms with Crippen molar-refractivity contribution in [3.05, 3.63) is 70.7 Å². The van der Waals surface area contributed by atoms with Gasteiger partial charge in [0.15, 0.2) is 0 Å². The molecule has 0 spiro atoms. The molecule has 0 aliphatic carbocycles. The zero-order valence-electron chi connectivity index (χ0n) is 9.86. The molecule has 0 aromatic heterocycles. The summed E-state index contributed by atoms with van der Waals surface area (Å²) in [5.41, 5.74) is 2.55. The van der Waals surface area contributed by atoms with Gasteiger partial charge in [-0.15, -0.1) is 0 Å². The molecule has 1 N–H and O–H groups in total. The van der Waals surface area contributed by atoms with Crippen LogP contribution in [0.5, 0.6) is 0 Å². The summed E-state index contributed by atoms with van der Waals surface area (Å²) in [6.45, 7) is 3.04. The maximum atomic E-state index is 5.87. The van der Waals surface area contributed by atoms with Crippen LogP contribution in [0.1, 0.15) is 24.1 Å². The Kier molecular flexibility index (Phi) is 4.18. The van der Waals surface area contributed by atoms with E-state index in [9.17, 15) is 0 Å². The Hall–Kier alpha value is -1.31.